The first-order valence-corrected chi connectivity index (χ1v) is 6.26. The summed E-state index contributed by atoms with van der Waals surface area (Å²) in [6.07, 6.45) is 2.67. The van der Waals surface area contributed by atoms with Gasteiger partial charge in [0.15, 0.2) is 0 Å². The summed E-state index contributed by atoms with van der Waals surface area (Å²) in [6, 6.07) is 10.4. The predicted molar refractivity (Wildman–Crippen MR) is 68.9 cm³/mol. The molecule has 2 heteroatoms. The van der Waals surface area contributed by atoms with Gasteiger partial charge in [0.1, 0.15) is 0 Å². The third kappa shape index (κ3) is 2.47. The van der Waals surface area contributed by atoms with E-state index < -0.39 is 0 Å². The molecule has 2 nitrogen and oxygen atoms in total. The monoisotopic (exact) mass is 227 g/mol. The molecule has 0 unspecified atom stereocenters. The highest BCUT2D eigenvalue weighted by Gasteiger charge is 2.21. The van der Waals surface area contributed by atoms with E-state index in [2.05, 4.69) is 36.2 Å². The zero-order valence-electron chi connectivity index (χ0n) is 10.1. The van der Waals surface area contributed by atoms with Crippen LogP contribution in [0.1, 0.15) is 24.1 Å². The number of para-hydroxylation sites is 1. The number of hydrogen-bond acceptors (Lipinski definition) is 2. The Morgan fingerprint density at radius 1 is 1.29 bits per heavy atom. The molecule has 0 spiro atoms. The van der Waals surface area contributed by atoms with E-state index in [-0.39, 0.29) is 0 Å². The molecule has 0 aliphatic heterocycles. The number of nitrogens with zero attached hydrogens (tertiary/aromatic N) is 1. The molecule has 3 rings (SSSR count). The Morgan fingerprint density at radius 2 is 2.12 bits per heavy atom. The second-order valence-corrected chi connectivity index (χ2v) is 4.91. The van der Waals surface area contributed by atoms with Crippen molar-refractivity contribution in [2.75, 3.05) is 6.61 Å². The van der Waals surface area contributed by atoms with Gasteiger partial charge in [-0.15, -0.1) is 0 Å². The third-order valence-corrected chi connectivity index (χ3v) is 3.28. The van der Waals surface area contributed by atoms with Crippen molar-refractivity contribution in [1.82, 2.24) is 4.98 Å². The zero-order chi connectivity index (χ0) is 11.7. The molecule has 1 aliphatic rings. The van der Waals surface area contributed by atoms with Crippen molar-refractivity contribution < 1.29 is 4.74 Å². The molecule has 1 aromatic carbocycles. The maximum atomic E-state index is 5.69. The Hall–Kier alpha value is -1.41. The molecule has 0 amide bonds. The van der Waals surface area contributed by atoms with Gasteiger partial charge in [0, 0.05) is 12.0 Å². The number of benzene rings is 1. The van der Waals surface area contributed by atoms with E-state index in [1.54, 1.807) is 0 Å². The second kappa shape index (κ2) is 4.46. The van der Waals surface area contributed by atoms with Crippen molar-refractivity contribution in [2.24, 2.45) is 5.92 Å². The number of pyridine rings is 1. The Kier molecular flexibility index (Phi) is 2.81. The molecular weight excluding hydrogens is 210 g/mol. The summed E-state index contributed by atoms with van der Waals surface area (Å²) in [7, 11) is 0. The van der Waals surface area contributed by atoms with Crippen LogP contribution in [0.4, 0.5) is 0 Å². The number of fused-ring (bicyclic) bond motifs is 1. The second-order valence-electron chi connectivity index (χ2n) is 4.91. The lowest BCUT2D eigenvalue weighted by molar-refractivity contribution is 0.109. The van der Waals surface area contributed by atoms with Crippen molar-refractivity contribution in [3.8, 4) is 0 Å². The Morgan fingerprint density at radius 3 is 2.94 bits per heavy atom. The van der Waals surface area contributed by atoms with Crippen molar-refractivity contribution in [2.45, 2.75) is 26.4 Å². The highest BCUT2D eigenvalue weighted by molar-refractivity contribution is 5.81. The topological polar surface area (TPSA) is 22.1 Å². The molecule has 1 fully saturated rings. The maximum Gasteiger partial charge on any atom is 0.0888 e. The first-order chi connectivity index (χ1) is 8.33. The molecule has 17 heavy (non-hydrogen) atoms. The van der Waals surface area contributed by atoms with Gasteiger partial charge in [-0.05, 0) is 43.4 Å². The smallest absolute Gasteiger partial charge is 0.0888 e. The molecule has 0 N–H and O–H groups in total. The maximum absolute atomic E-state index is 5.69. The molecule has 2 aromatic rings. The minimum Gasteiger partial charge on any atom is -0.375 e. The molecule has 0 saturated heterocycles. The molecule has 88 valence electrons. The van der Waals surface area contributed by atoms with E-state index in [9.17, 15) is 0 Å². The lowest BCUT2D eigenvalue weighted by atomic mass is 10.1. The van der Waals surface area contributed by atoms with Crippen molar-refractivity contribution in [3.63, 3.8) is 0 Å². The van der Waals surface area contributed by atoms with Crippen LogP contribution in [0.15, 0.2) is 30.3 Å². The van der Waals surface area contributed by atoms with Crippen LogP contribution >= 0.6 is 0 Å². The van der Waals surface area contributed by atoms with Gasteiger partial charge in [0.2, 0.25) is 0 Å². The molecule has 0 radical (unpaired) electrons. The van der Waals surface area contributed by atoms with E-state index in [0.717, 1.165) is 23.7 Å². The molecule has 0 atom stereocenters. The van der Waals surface area contributed by atoms with Gasteiger partial charge >= 0.3 is 0 Å². The van der Waals surface area contributed by atoms with Gasteiger partial charge in [-0.2, -0.15) is 0 Å². The molecule has 1 heterocycles. The van der Waals surface area contributed by atoms with E-state index in [4.69, 9.17) is 4.74 Å². The summed E-state index contributed by atoms with van der Waals surface area (Å²) >= 11 is 0. The Labute approximate surface area is 102 Å². The van der Waals surface area contributed by atoms with E-state index in [1.165, 1.54) is 23.8 Å². The first kappa shape index (κ1) is 10.7. The summed E-state index contributed by atoms with van der Waals surface area (Å²) < 4.78 is 5.69. The summed E-state index contributed by atoms with van der Waals surface area (Å²) in [5.41, 5.74) is 3.39. The van der Waals surface area contributed by atoms with Gasteiger partial charge in [0.25, 0.3) is 0 Å². The number of rotatable bonds is 4. The number of hydrogen-bond donors (Lipinski definition) is 0. The minimum absolute atomic E-state index is 0.641. The third-order valence-electron chi connectivity index (χ3n) is 3.28. The van der Waals surface area contributed by atoms with Crippen LogP contribution in [0.25, 0.3) is 10.9 Å². The molecule has 1 aromatic heterocycles. The fourth-order valence-corrected chi connectivity index (χ4v) is 2.11. The SMILES string of the molecule is Cc1cc(COCC2CC2)nc2ccccc12. The summed E-state index contributed by atoms with van der Waals surface area (Å²) in [4.78, 5) is 4.63. The lowest BCUT2D eigenvalue weighted by Crippen LogP contribution is -2.00. The zero-order valence-corrected chi connectivity index (χ0v) is 10.1. The van der Waals surface area contributed by atoms with E-state index in [0.29, 0.717) is 6.61 Å². The van der Waals surface area contributed by atoms with Gasteiger partial charge in [0.05, 0.1) is 17.8 Å². The van der Waals surface area contributed by atoms with Gasteiger partial charge in [-0.3, -0.25) is 4.98 Å². The predicted octanol–water partition coefficient (Wildman–Crippen LogP) is 3.47. The van der Waals surface area contributed by atoms with Gasteiger partial charge in [-0.25, -0.2) is 0 Å². The van der Waals surface area contributed by atoms with Crippen LogP contribution < -0.4 is 0 Å². The first-order valence-electron chi connectivity index (χ1n) is 6.26. The lowest BCUT2D eigenvalue weighted by Gasteiger charge is -2.07. The standard InChI is InChI=1S/C15H17NO/c1-11-8-13(10-17-9-12-6-7-12)16-15-5-3-2-4-14(11)15/h2-5,8,12H,6-7,9-10H2,1H3. The Bertz CT molecular complexity index is 531. The molecular formula is C15H17NO. The summed E-state index contributed by atoms with van der Waals surface area (Å²) in [5, 5.41) is 1.23. The van der Waals surface area contributed by atoms with E-state index in [1.807, 2.05) is 6.07 Å². The van der Waals surface area contributed by atoms with E-state index >= 15 is 0 Å². The quantitative estimate of drug-likeness (QED) is 0.798. The van der Waals surface area contributed by atoms with Crippen LogP contribution in [0, 0.1) is 12.8 Å². The fourth-order valence-electron chi connectivity index (χ4n) is 2.11. The average molecular weight is 227 g/mol. The number of aromatic nitrogens is 1. The van der Waals surface area contributed by atoms with Crippen LogP contribution in [-0.4, -0.2) is 11.6 Å². The molecule has 0 bridgehead atoms. The van der Waals surface area contributed by atoms with Crippen molar-refractivity contribution >= 4 is 10.9 Å². The summed E-state index contributed by atoms with van der Waals surface area (Å²) in [5.74, 6) is 0.816. The normalized spacial score (nSPS) is 15.4. The van der Waals surface area contributed by atoms with Crippen LogP contribution in [0.2, 0.25) is 0 Å². The van der Waals surface area contributed by atoms with Crippen LogP contribution in [-0.2, 0) is 11.3 Å². The fraction of sp³-hybridized carbons (Fsp3) is 0.400. The average Bonchev–Trinajstić information content (AvgIpc) is 3.13. The summed E-state index contributed by atoms with van der Waals surface area (Å²) in [6.45, 7) is 3.67. The molecule has 1 aliphatic carbocycles. The van der Waals surface area contributed by atoms with Gasteiger partial charge < -0.3 is 4.74 Å². The molecule has 1 saturated carbocycles. The highest BCUT2D eigenvalue weighted by Crippen LogP contribution is 2.29. The van der Waals surface area contributed by atoms with Crippen LogP contribution in [0.3, 0.4) is 0 Å². The van der Waals surface area contributed by atoms with Gasteiger partial charge in [-0.1, -0.05) is 18.2 Å². The van der Waals surface area contributed by atoms with Crippen LogP contribution in [0.5, 0.6) is 0 Å². The number of aryl methyl sites for hydroxylation is 1. The van der Waals surface area contributed by atoms with Crippen molar-refractivity contribution in [3.05, 3.63) is 41.6 Å². The van der Waals surface area contributed by atoms with Crippen molar-refractivity contribution in [1.29, 1.82) is 0 Å². The number of ether oxygens (including phenoxy) is 1. The largest absolute Gasteiger partial charge is 0.375 e. The Balaban J connectivity index is 1.79. The highest BCUT2D eigenvalue weighted by atomic mass is 16.5. The minimum atomic E-state index is 0.641.